The third kappa shape index (κ3) is 2.75. The second kappa shape index (κ2) is 6.60. The van der Waals surface area contributed by atoms with E-state index in [1.165, 1.54) is 5.69 Å². The zero-order valence-electron chi connectivity index (χ0n) is 13.8. The van der Waals surface area contributed by atoms with Gasteiger partial charge >= 0.3 is 0 Å². The highest BCUT2D eigenvalue weighted by molar-refractivity contribution is 5.86. The molecule has 0 aromatic carbocycles. The van der Waals surface area contributed by atoms with Crippen LogP contribution in [0.5, 0.6) is 0 Å². The molecule has 1 fully saturated rings. The van der Waals surface area contributed by atoms with E-state index in [2.05, 4.69) is 38.4 Å². The second-order valence-electron chi connectivity index (χ2n) is 6.11. The molecular formula is C17H22N6O. The minimum Gasteiger partial charge on any atom is -0.372 e. The van der Waals surface area contributed by atoms with E-state index in [1.54, 1.807) is 6.33 Å². The van der Waals surface area contributed by atoms with Gasteiger partial charge in [0, 0.05) is 38.0 Å². The summed E-state index contributed by atoms with van der Waals surface area (Å²) < 4.78 is 8.12. The highest BCUT2D eigenvalue weighted by Gasteiger charge is 2.29. The fourth-order valence-electron chi connectivity index (χ4n) is 3.47. The number of nitrogens with zero attached hydrogens (tertiary/aromatic N) is 4. The van der Waals surface area contributed by atoms with Gasteiger partial charge < -0.3 is 15.0 Å². The molecule has 0 amide bonds. The number of ether oxygens (including phenoxy) is 1. The largest absolute Gasteiger partial charge is 0.372 e. The summed E-state index contributed by atoms with van der Waals surface area (Å²) in [5.41, 5.74) is 2.02. The average Bonchev–Trinajstić information content (AvgIpc) is 3.29. The van der Waals surface area contributed by atoms with Crippen molar-refractivity contribution in [1.29, 1.82) is 0 Å². The van der Waals surface area contributed by atoms with Crippen LogP contribution in [0.25, 0.3) is 11.0 Å². The Bertz CT molecular complexity index is 810. The van der Waals surface area contributed by atoms with Gasteiger partial charge in [0.1, 0.15) is 23.9 Å². The van der Waals surface area contributed by atoms with Gasteiger partial charge in [-0.3, -0.25) is 4.68 Å². The molecule has 4 heterocycles. The first-order valence-corrected chi connectivity index (χ1v) is 8.52. The molecule has 0 radical (unpaired) electrons. The van der Waals surface area contributed by atoms with E-state index in [4.69, 9.17) is 4.74 Å². The molecule has 24 heavy (non-hydrogen) atoms. The number of anilines is 1. The van der Waals surface area contributed by atoms with Crippen LogP contribution in [0.1, 0.15) is 31.6 Å². The van der Waals surface area contributed by atoms with Crippen molar-refractivity contribution < 1.29 is 4.74 Å². The van der Waals surface area contributed by atoms with Gasteiger partial charge in [0.05, 0.1) is 11.1 Å². The van der Waals surface area contributed by atoms with Crippen molar-refractivity contribution in [3.05, 3.63) is 36.5 Å². The number of aryl methyl sites for hydroxylation is 1. The van der Waals surface area contributed by atoms with Crippen LogP contribution in [0.15, 0.2) is 30.9 Å². The molecule has 1 aliphatic rings. The van der Waals surface area contributed by atoms with Gasteiger partial charge in [0.2, 0.25) is 0 Å². The third-order valence-corrected chi connectivity index (χ3v) is 4.67. The number of nitrogens with one attached hydrogen (secondary N) is 2. The maximum Gasteiger partial charge on any atom is 0.142 e. The zero-order chi connectivity index (χ0) is 16.4. The Morgan fingerprint density at radius 3 is 3.25 bits per heavy atom. The number of fused-ring (bicyclic) bond motifs is 1. The monoisotopic (exact) mass is 326 g/mol. The molecule has 126 valence electrons. The molecule has 1 aliphatic heterocycles. The standard InChI is InChI=1S/C17H22N6O/c1-2-23-14(6-8-22-23)15-12(4-3-9-24-15)10-19-17-13-5-7-18-16(13)20-11-21-17/h5-8,11-12,15H,2-4,9-10H2,1H3,(H2,18,19,20,21)/t12-,15+/m0/s1. The molecule has 7 nitrogen and oxygen atoms in total. The summed E-state index contributed by atoms with van der Waals surface area (Å²) in [5, 5.41) is 8.90. The van der Waals surface area contributed by atoms with E-state index in [9.17, 15) is 0 Å². The molecule has 2 N–H and O–H groups in total. The Hall–Kier alpha value is -2.41. The van der Waals surface area contributed by atoms with Crippen molar-refractivity contribution in [2.24, 2.45) is 5.92 Å². The molecule has 0 bridgehead atoms. The first kappa shape index (κ1) is 15.1. The third-order valence-electron chi connectivity index (χ3n) is 4.67. The Morgan fingerprint density at radius 1 is 1.38 bits per heavy atom. The lowest BCUT2D eigenvalue weighted by Gasteiger charge is -2.32. The fraction of sp³-hybridized carbons (Fsp3) is 0.471. The predicted octanol–water partition coefficient (Wildman–Crippen LogP) is 2.75. The SMILES string of the molecule is CCn1nccc1[C@@H]1OCCC[C@H]1CNc1ncnc2[nH]ccc12. The number of hydrogen-bond acceptors (Lipinski definition) is 5. The van der Waals surface area contributed by atoms with Crippen LogP contribution >= 0.6 is 0 Å². The molecule has 0 spiro atoms. The fourth-order valence-corrected chi connectivity index (χ4v) is 3.47. The van der Waals surface area contributed by atoms with Crippen molar-refractivity contribution >= 4 is 16.9 Å². The normalized spacial score (nSPS) is 21.2. The van der Waals surface area contributed by atoms with Gasteiger partial charge in [0.15, 0.2) is 0 Å². The number of hydrogen-bond donors (Lipinski definition) is 2. The molecule has 1 saturated heterocycles. The molecule has 4 rings (SSSR count). The van der Waals surface area contributed by atoms with E-state index < -0.39 is 0 Å². The quantitative estimate of drug-likeness (QED) is 0.753. The number of H-pyrrole nitrogens is 1. The summed E-state index contributed by atoms with van der Waals surface area (Å²) in [5.74, 6) is 1.26. The van der Waals surface area contributed by atoms with Crippen molar-refractivity contribution in [3.8, 4) is 0 Å². The Labute approximate surface area is 140 Å². The molecule has 2 atom stereocenters. The van der Waals surface area contributed by atoms with E-state index in [-0.39, 0.29) is 6.10 Å². The summed E-state index contributed by atoms with van der Waals surface area (Å²) in [6.45, 7) is 4.59. The lowest BCUT2D eigenvalue weighted by atomic mass is 9.92. The average molecular weight is 326 g/mol. The van der Waals surface area contributed by atoms with Gasteiger partial charge in [-0.1, -0.05) is 0 Å². The van der Waals surface area contributed by atoms with Crippen LogP contribution < -0.4 is 5.32 Å². The number of rotatable bonds is 5. The van der Waals surface area contributed by atoms with E-state index in [1.807, 2.05) is 23.1 Å². The predicted molar refractivity (Wildman–Crippen MR) is 91.7 cm³/mol. The number of aromatic nitrogens is 5. The van der Waals surface area contributed by atoms with Gasteiger partial charge in [-0.05, 0) is 31.9 Å². The van der Waals surface area contributed by atoms with Gasteiger partial charge in [-0.25, -0.2) is 9.97 Å². The van der Waals surface area contributed by atoms with Gasteiger partial charge in [0.25, 0.3) is 0 Å². The van der Waals surface area contributed by atoms with Crippen molar-refractivity contribution in [3.63, 3.8) is 0 Å². The molecule has 0 saturated carbocycles. The molecule has 3 aromatic heterocycles. The summed E-state index contributed by atoms with van der Waals surface area (Å²) in [6.07, 6.45) is 7.63. The van der Waals surface area contributed by atoms with Gasteiger partial charge in [-0.2, -0.15) is 5.10 Å². The van der Waals surface area contributed by atoms with E-state index in [0.717, 1.165) is 49.4 Å². The topological polar surface area (TPSA) is 80.7 Å². The van der Waals surface area contributed by atoms with E-state index >= 15 is 0 Å². The van der Waals surface area contributed by atoms with Crippen LogP contribution in [0, 0.1) is 5.92 Å². The summed E-state index contributed by atoms with van der Waals surface area (Å²) in [4.78, 5) is 11.7. The summed E-state index contributed by atoms with van der Waals surface area (Å²) in [6, 6.07) is 4.07. The Kier molecular flexibility index (Phi) is 4.17. The summed E-state index contributed by atoms with van der Waals surface area (Å²) >= 11 is 0. The van der Waals surface area contributed by atoms with Crippen molar-refractivity contribution in [2.75, 3.05) is 18.5 Å². The van der Waals surface area contributed by atoms with E-state index in [0.29, 0.717) is 5.92 Å². The molecular weight excluding hydrogens is 304 g/mol. The maximum absolute atomic E-state index is 6.10. The first-order valence-electron chi connectivity index (χ1n) is 8.52. The van der Waals surface area contributed by atoms with Crippen LogP contribution in [0.2, 0.25) is 0 Å². The Balaban J connectivity index is 1.52. The van der Waals surface area contributed by atoms with Crippen LogP contribution in [0.3, 0.4) is 0 Å². The number of aromatic amines is 1. The lowest BCUT2D eigenvalue weighted by Crippen LogP contribution is -2.30. The van der Waals surface area contributed by atoms with Crippen LogP contribution in [0.4, 0.5) is 5.82 Å². The second-order valence-corrected chi connectivity index (χ2v) is 6.11. The first-order chi connectivity index (χ1) is 11.9. The van der Waals surface area contributed by atoms with Crippen LogP contribution in [-0.4, -0.2) is 37.9 Å². The zero-order valence-corrected chi connectivity index (χ0v) is 13.8. The van der Waals surface area contributed by atoms with Crippen molar-refractivity contribution in [1.82, 2.24) is 24.7 Å². The van der Waals surface area contributed by atoms with Crippen molar-refractivity contribution in [2.45, 2.75) is 32.4 Å². The van der Waals surface area contributed by atoms with Gasteiger partial charge in [-0.15, -0.1) is 0 Å². The minimum atomic E-state index is 0.0808. The molecule has 0 unspecified atom stereocenters. The molecule has 7 heteroatoms. The Morgan fingerprint density at radius 2 is 2.33 bits per heavy atom. The highest BCUT2D eigenvalue weighted by atomic mass is 16.5. The lowest BCUT2D eigenvalue weighted by molar-refractivity contribution is -0.0288. The summed E-state index contributed by atoms with van der Waals surface area (Å²) in [7, 11) is 0. The minimum absolute atomic E-state index is 0.0808. The highest BCUT2D eigenvalue weighted by Crippen LogP contribution is 2.34. The molecule has 3 aromatic rings. The smallest absolute Gasteiger partial charge is 0.142 e. The van der Waals surface area contributed by atoms with Crippen LogP contribution in [-0.2, 0) is 11.3 Å². The maximum atomic E-state index is 6.10. The molecule has 0 aliphatic carbocycles.